The summed E-state index contributed by atoms with van der Waals surface area (Å²) in [6.45, 7) is 1.97. The lowest BCUT2D eigenvalue weighted by Gasteiger charge is -2.23. The highest BCUT2D eigenvalue weighted by Gasteiger charge is 2.35. The first kappa shape index (κ1) is 20.3. The predicted molar refractivity (Wildman–Crippen MR) is 107 cm³/mol. The third-order valence-corrected chi connectivity index (χ3v) is 4.62. The number of carbonyl (C=O) groups is 1. The van der Waals surface area contributed by atoms with Crippen molar-refractivity contribution in [3.8, 4) is 23.0 Å². The van der Waals surface area contributed by atoms with Crippen molar-refractivity contribution >= 4 is 11.8 Å². The summed E-state index contributed by atoms with van der Waals surface area (Å²) in [4.78, 5) is 12.6. The van der Waals surface area contributed by atoms with Crippen LogP contribution in [0.2, 0.25) is 0 Å². The second kappa shape index (κ2) is 8.72. The fourth-order valence-corrected chi connectivity index (χ4v) is 3.28. The van der Waals surface area contributed by atoms with Crippen LogP contribution in [0.5, 0.6) is 23.0 Å². The number of rotatable bonds is 6. The van der Waals surface area contributed by atoms with Gasteiger partial charge < -0.3 is 24.1 Å². The van der Waals surface area contributed by atoms with E-state index in [1.165, 1.54) is 26.3 Å². The Hall–Kier alpha value is -3.42. The van der Waals surface area contributed by atoms with E-state index >= 15 is 0 Å². The smallest absolute Gasteiger partial charge is 0.430 e. The molecule has 1 N–H and O–H groups in total. The molecule has 0 radical (unpaired) electrons. The highest BCUT2D eigenvalue weighted by atomic mass is 16.6. The molecule has 0 aromatic heterocycles. The van der Waals surface area contributed by atoms with E-state index < -0.39 is 12.1 Å². The number of ether oxygens (including phenoxy) is 4. The first-order chi connectivity index (χ1) is 14.0. The van der Waals surface area contributed by atoms with Crippen LogP contribution in [0.3, 0.4) is 0 Å². The van der Waals surface area contributed by atoms with E-state index in [0.717, 1.165) is 11.1 Å². The summed E-state index contributed by atoms with van der Waals surface area (Å²) in [6, 6.07) is 9.91. The molecular weight excluding hydrogens is 376 g/mol. The van der Waals surface area contributed by atoms with Crippen molar-refractivity contribution in [2.75, 3.05) is 27.9 Å². The second-order valence-electron chi connectivity index (χ2n) is 6.32. The van der Waals surface area contributed by atoms with Crippen LogP contribution in [0, 0.1) is 0 Å². The molecule has 154 valence electrons. The Bertz CT molecular complexity index is 902. The quantitative estimate of drug-likeness (QED) is 0.795. The molecule has 2 aromatic rings. The van der Waals surface area contributed by atoms with Gasteiger partial charge in [0.25, 0.3) is 0 Å². The Labute approximate surface area is 169 Å². The zero-order chi connectivity index (χ0) is 21.0. The Balaban J connectivity index is 2.04. The summed E-state index contributed by atoms with van der Waals surface area (Å²) < 4.78 is 21.4. The topological polar surface area (TPSA) is 89.8 Å². The molecule has 0 bridgehead atoms. The van der Waals surface area contributed by atoms with Crippen molar-refractivity contribution in [3.63, 3.8) is 0 Å². The van der Waals surface area contributed by atoms with Gasteiger partial charge in [-0.3, -0.25) is 0 Å². The molecule has 8 nitrogen and oxygen atoms in total. The molecule has 1 amide bonds. The number of hydrogen-bond donors (Lipinski definition) is 1. The maximum absolute atomic E-state index is 12.6. The monoisotopic (exact) mass is 400 g/mol. The van der Waals surface area contributed by atoms with E-state index in [-0.39, 0.29) is 12.4 Å². The first-order valence-electron chi connectivity index (χ1n) is 9.15. The standard InChI is InChI=1S/C21H24N2O6/c1-5-29-21(25)23-17(12-16(22-23)13-7-6-8-15(24)9-13)14-10-18(26-2)20(28-4)19(11-14)27-3/h6-11,17,24H,5,12H2,1-4H3. The molecule has 1 unspecified atom stereocenters. The van der Waals surface area contributed by atoms with Gasteiger partial charge in [0, 0.05) is 12.0 Å². The van der Waals surface area contributed by atoms with Crippen molar-refractivity contribution in [3.05, 3.63) is 47.5 Å². The number of hydrogen-bond acceptors (Lipinski definition) is 7. The van der Waals surface area contributed by atoms with Crippen molar-refractivity contribution in [1.82, 2.24) is 5.01 Å². The lowest BCUT2D eigenvalue weighted by Crippen LogP contribution is -2.27. The minimum absolute atomic E-state index is 0.129. The van der Waals surface area contributed by atoms with Gasteiger partial charge in [-0.1, -0.05) is 12.1 Å². The van der Waals surface area contributed by atoms with Crippen LogP contribution >= 0.6 is 0 Å². The van der Waals surface area contributed by atoms with Crippen LogP contribution in [0.4, 0.5) is 4.79 Å². The highest BCUT2D eigenvalue weighted by Crippen LogP contribution is 2.43. The Morgan fingerprint density at radius 2 is 1.83 bits per heavy atom. The van der Waals surface area contributed by atoms with Gasteiger partial charge in [0.15, 0.2) is 11.5 Å². The van der Waals surface area contributed by atoms with Gasteiger partial charge >= 0.3 is 6.09 Å². The van der Waals surface area contributed by atoms with E-state index in [0.29, 0.717) is 29.4 Å². The molecule has 1 aliphatic rings. The number of phenols is 1. The molecule has 0 fully saturated rings. The Morgan fingerprint density at radius 3 is 2.38 bits per heavy atom. The van der Waals surface area contributed by atoms with Crippen molar-refractivity contribution in [2.24, 2.45) is 5.10 Å². The molecule has 1 heterocycles. The van der Waals surface area contributed by atoms with Gasteiger partial charge in [0.05, 0.1) is 39.7 Å². The van der Waals surface area contributed by atoms with Gasteiger partial charge in [0.1, 0.15) is 5.75 Å². The average molecular weight is 400 g/mol. The number of phenolic OH excluding ortho intramolecular Hbond substituents is 1. The molecule has 3 rings (SSSR count). The summed E-state index contributed by atoms with van der Waals surface area (Å²) in [5.41, 5.74) is 2.15. The van der Waals surface area contributed by atoms with Crippen molar-refractivity contribution in [2.45, 2.75) is 19.4 Å². The fraction of sp³-hybridized carbons (Fsp3) is 0.333. The molecule has 0 saturated carbocycles. The van der Waals surface area contributed by atoms with Crippen LogP contribution in [0.1, 0.15) is 30.5 Å². The molecule has 8 heteroatoms. The summed E-state index contributed by atoms with van der Waals surface area (Å²) >= 11 is 0. The Morgan fingerprint density at radius 1 is 1.14 bits per heavy atom. The maximum Gasteiger partial charge on any atom is 0.430 e. The molecule has 29 heavy (non-hydrogen) atoms. The van der Waals surface area contributed by atoms with Crippen LogP contribution in [0.15, 0.2) is 41.5 Å². The SMILES string of the molecule is CCOC(=O)N1N=C(c2cccc(O)c2)CC1c1cc(OC)c(OC)c(OC)c1. The number of amides is 1. The second-order valence-corrected chi connectivity index (χ2v) is 6.32. The van der Waals surface area contributed by atoms with Crippen LogP contribution in [0.25, 0.3) is 0 Å². The van der Waals surface area contributed by atoms with Gasteiger partial charge in [-0.2, -0.15) is 10.1 Å². The number of benzene rings is 2. The van der Waals surface area contributed by atoms with Gasteiger partial charge in [-0.15, -0.1) is 0 Å². The largest absolute Gasteiger partial charge is 0.508 e. The minimum atomic E-state index is -0.554. The molecule has 1 atom stereocenters. The molecule has 1 aliphatic heterocycles. The summed E-state index contributed by atoms with van der Waals surface area (Å²) in [6.07, 6.45) is -0.123. The van der Waals surface area contributed by atoms with Crippen LogP contribution in [-0.4, -0.2) is 49.9 Å². The third kappa shape index (κ3) is 4.06. The number of hydrazone groups is 1. The first-order valence-corrected chi connectivity index (χ1v) is 9.15. The number of aromatic hydroxyl groups is 1. The van der Waals surface area contributed by atoms with E-state index in [4.69, 9.17) is 18.9 Å². The van der Waals surface area contributed by atoms with Crippen molar-refractivity contribution in [1.29, 1.82) is 0 Å². The van der Waals surface area contributed by atoms with Gasteiger partial charge in [-0.25, -0.2) is 4.79 Å². The van der Waals surface area contributed by atoms with E-state index in [2.05, 4.69) is 5.10 Å². The lowest BCUT2D eigenvalue weighted by molar-refractivity contribution is 0.0974. The molecule has 0 aliphatic carbocycles. The number of carbonyl (C=O) groups excluding carboxylic acids is 1. The fourth-order valence-electron chi connectivity index (χ4n) is 3.28. The zero-order valence-corrected chi connectivity index (χ0v) is 16.8. The van der Waals surface area contributed by atoms with Gasteiger partial charge in [-0.05, 0) is 36.8 Å². The Kier molecular flexibility index (Phi) is 6.11. The summed E-state index contributed by atoms with van der Waals surface area (Å²) in [7, 11) is 4.60. The lowest BCUT2D eigenvalue weighted by atomic mass is 9.97. The van der Waals surface area contributed by atoms with Crippen LogP contribution < -0.4 is 14.2 Å². The van der Waals surface area contributed by atoms with Crippen molar-refractivity contribution < 1.29 is 28.8 Å². The number of methoxy groups -OCH3 is 3. The third-order valence-electron chi connectivity index (χ3n) is 4.62. The summed E-state index contributed by atoms with van der Waals surface area (Å²) in [5, 5.41) is 15.6. The average Bonchev–Trinajstić information content (AvgIpc) is 3.18. The van der Waals surface area contributed by atoms with Gasteiger partial charge in [0.2, 0.25) is 5.75 Å². The zero-order valence-electron chi connectivity index (χ0n) is 16.8. The normalized spacial score (nSPS) is 15.7. The van der Waals surface area contributed by atoms with Crippen LogP contribution in [-0.2, 0) is 4.74 Å². The molecular formula is C21H24N2O6. The minimum Gasteiger partial charge on any atom is -0.508 e. The molecule has 0 spiro atoms. The molecule has 0 saturated heterocycles. The number of nitrogens with zero attached hydrogens (tertiary/aromatic N) is 2. The van der Waals surface area contributed by atoms with E-state index in [1.807, 2.05) is 6.07 Å². The van der Waals surface area contributed by atoms with E-state index in [1.54, 1.807) is 37.3 Å². The van der Waals surface area contributed by atoms with E-state index in [9.17, 15) is 9.90 Å². The maximum atomic E-state index is 12.6. The molecule has 2 aromatic carbocycles. The predicted octanol–water partition coefficient (Wildman–Crippen LogP) is 3.73. The highest BCUT2D eigenvalue weighted by molar-refractivity contribution is 6.03. The summed E-state index contributed by atoms with van der Waals surface area (Å²) in [5.74, 6) is 1.56.